The number of ether oxygens (including phenoxy) is 1. The third-order valence-electron chi connectivity index (χ3n) is 5.87. The summed E-state index contributed by atoms with van der Waals surface area (Å²) in [4.78, 5) is 28.0. The van der Waals surface area contributed by atoms with Crippen molar-refractivity contribution in [1.29, 1.82) is 0 Å². The van der Waals surface area contributed by atoms with Crippen LogP contribution in [0.5, 0.6) is 5.75 Å². The normalized spacial score (nSPS) is 15.2. The van der Waals surface area contributed by atoms with Gasteiger partial charge in [0.1, 0.15) is 11.8 Å². The van der Waals surface area contributed by atoms with Crippen molar-refractivity contribution in [2.24, 2.45) is 0 Å². The monoisotopic (exact) mass is 442 g/mol. The number of benzene rings is 2. The maximum atomic E-state index is 13.3. The van der Waals surface area contributed by atoms with Gasteiger partial charge in [0, 0.05) is 17.6 Å². The number of carbonyl (C=O) groups is 2. The molecule has 31 heavy (non-hydrogen) atoms. The zero-order valence-electron chi connectivity index (χ0n) is 18.3. The Balaban J connectivity index is 1.76. The van der Waals surface area contributed by atoms with E-state index in [4.69, 9.17) is 16.3 Å². The van der Waals surface area contributed by atoms with Gasteiger partial charge < -0.3 is 15.0 Å². The number of rotatable bonds is 8. The Hall–Kier alpha value is -2.53. The molecule has 2 aromatic carbocycles. The van der Waals surface area contributed by atoms with Crippen molar-refractivity contribution < 1.29 is 14.3 Å². The summed E-state index contributed by atoms with van der Waals surface area (Å²) in [5.74, 6) is 0.526. The van der Waals surface area contributed by atoms with E-state index in [0.717, 1.165) is 42.6 Å². The van der Waals surface area contributed by atoms with E-state index < -0.39 is 6.04 Å². The molecule has 166 valence electrons. The summed E-state index contributed by atoms with van der Waals surface area (Å²) in [7, 11) is 1.61. The third-order valence-corrected chi connectivity index (χ3v) is 6.13. The topological polar surface area (TPSA) is 58.6 Å². The molecule has 0 saturated heterocycles. The van der Waals surface area contributed by atoms with Gasteiger partial charge in [-0.2, -0.15) is 0 Å². The molecule has 3 rings (SSSR count). The van der Waals surface area contributed by atoms with E-state index >= 15 is 0 Å². The van der Waals surface area contributed by atoms with E-state index in [0.29, 0.717) is 11.6 Å². The fraction of sp³-hybridized carbons (Fsp3) is 0.440. The fourth-order valence-electron chi connectivity index (χ4n) is 4.00. The first-order chi connectivity index (χ1) is 15.0. The lowest BCUT2D eigenvalue weighted by Gasteiger charge is -2.31. The Morgan fingerprint density at radius 3 is 2.48 bits per heavy atom. The highest BCUT2D eigenvalue weighted by Crippen LogP contribution is 2.20. The molecule has 0 aromatic heterocycles. The summed E-state index contributed by atoms with van der Waals surface area (Å²) >= 11 is 5.97. The Morgan fingerprint density at radius 1 is 1.10 bits per heavy atom. The summed E-state index contributed by atoms with van der Waals surface area (Å²) < 4.78 is 5.32. The lowest BCUT2D eigenvalue weighted by Crippen LogP contribution is -2.50. The van der Waals surface area contributed by atoms with Crippen LogP contribution in [0.2, 0.25) is 5.02 Å². The highest BCUT2D eigenvalue weighted by Gasteiger charge is 2.28. The predicted molar refractivity (Wildman–Crippen MR) is 123 cm³/mol. The summed E-state index contributed by atoms with van der Waals surface area (Å²) in [6, 6.07) is 14.5. The molecule has 1 atom stereocenters. The van der Waals surface area contributed by atoms with Gasteiger partial charge >= 0.3 is 0 Å². The maximum Gasteiger partial charge on any atom is 0.242 e. The standard InChI is InChI=1S/C25H31ClN2O3/c1-18(25(30)27-22-8-4-3-5-9-22)28(17-20-7-6-10-23(15-20)31-2)24(29)16-19-11-13-21(26)14-12-19/h6-7,10-15,18,22H,3-5,8-9,16-17H2,1-2H3,(H,27,30). The van der Waals surface area contributed by atoms with Crippen molar-refractivity contribution in [3.63, 3.8) is 0 Å². The molecular weight excluding hydrogens is 412 g/mol. The summed E-state index contributed by atoms with van der Waals surface area (Å²) in [5.41, 5.74) is 1.78. The summed E-state index contributed by atoms with van der Waals surface area (Å²) in [6.45, 7) is 2.14. The lowest BCUT2D eigenvalue weighted by molar-refractivity contribution is -0.140. The molecule has 0 radical (unpaired) electrons. The predicted octanol–water partition coefficient (Wildman–Crippen LogP) is 4.76. The first-order valence-electron chi connectivity index (χ1n) is 10.9. The van der Waals surface area contributed by atoms with Gasteiger partial charge in [-0.3, -0.25) is 9.59 Å². The summed E-state index contributed by atoms with van der Waals surface area (Å²) in [5, 5.41) is 3.79. The average molecular weight is 443 g/mol. The van der Waals surface area contributed by atoms with Gasteiger partial charge in [-0.15, -0.1) is 0 Å². The van der Waals surface area contributed by atoms with Gasteiger partial charge in [-0.25, -0.2) is 0 Å². The van der Waals surface area contributed by atoms with Crippen LogP contribution in [0.15, 0.2) is 48.5 Å². The molecule has 1 N–H and O–H groups in total. The second-order valence-electron chi connectivity index (χ2n) is 8.20. The Morgan fingerprint density at radius 2 is 1.81 bits per heavy atom. The van der Waals surface area contributed by atoms with Gasteiger partial charge in [0.15, 0.2) is 0 Å². The third kappa shape index (κ3) is 6.73. The minimum atomic E-state index is -0.576. The maximum absolute atomic E-state index is 13.3. The second kappa shape index (κ2) is 11.2. The van der Waals surface area contributed by atoms with Crippen molar-refractivity contribution in [3.8, 4) is 5.75 Å². The molecule has 1 fully saturated rings. The zero-order valence-corrected chi connectivity index (χ0v) is 19.0. The van der Waals surface area contributed by atoms with Crippen molar-refractivity contribution in [2.75, 3.05) is 7.11 Å². The molecule has 0 bridgehead atoms. The van der Waals surface area contributed by atoms with Crippen LogP contribution in [0.4, 0.5) is 0 Å². The van der Waals surface area contributed by atoms with Crippen molar-refractivity contribution >= 4 is 23.4 Å². The van der Waals surface area contributed by atoms with Gasteiger partial charge in [-0.05, 0) is 55.2 Å². The molecule has 1 aliphatic rings. The quantitative estimate of drug-likeness (QED) is 0.641. The largest absolute Gasteiger partial charge is 0.497 e. The zero-order chi connectivity index (χ0) is 22.2. The Labute approximate surface area is 189 Å². The first kappa shape index (κ1) is 23.1. The molecule has 1 saturated carbocycles. The SMILES string of the molecule is COc1cccc(CN(C(=O)Cc2ccc(Cl)cc2)C(C)C(=O)NC2CCCCC2)c1. The first-order valence-corrected chi connectivity index (χ1v) is 11.3. The Kier molecular flexibility index (Phi) is 8.35. The van der Waals surface area contributed by atoms with E-state index in [-0.39, 0.29) is 24.3 Å². The van der Waals surface area contributed by atoms with Gasteiger partial charge in [0.05, 0.1) is 13.5 Å². The second-order valence-corrected chi connectivity index (χ2v) is 8.63. The van der Waals surface area contributed by atoms with Crippen LogP contribution in [-0.4, -0.2) is 35.9 Å². The van der Waals surface area contributed by atoms with E-state index in [2.05, 4.69) is 5.32 Å². The summed E-state index contributed by atoms with van der Waals surface area (Å²) in [6.07, 6.45) is 5.73. The number of nitrogens with one attached hydrogen (secondary N) is 1. The lowest BCUT2D eigenvalue weighted by atomic mass is 9.95. The van der Waals surface area contributed by atoms with Crippen molar-refractivity contribution in [2.45, 2.75) is 64.1 Å². The number of nitrogens with zero attached hydrogens (tertiary/aromatic N) is 1. The molecule has 1 aliphatic carbocycles. The number of amides is 2. The highest BCUT2D eigenvalue weighted by atomic mass is 35.5. The molecular formula is C25H31ClN2O3. The van der Waals surface area contributed by atoms with E-state index in [1.165, 1.54) is 6.42 Å². The number of methoxy groups -OCH3 is 1. The van der Waals surface area contributed by atoms with Gasteiger partial charge in [0.25, 0.3) is 0 Å². The highest BCUT2D eigenvalue weighted by molar-refractivity contribution is 6.30. The molecule has 5 nitrogen and oxygen atoms in total. The average Bonchev–Trinajstić information content (AvgIpc) is 2.79. The molecule has 1 unspecified atom stereocenters. The minimum Gasteiger partial charge on any atom is -0.497 e. The molecule has 0 heterocycles. The number of halogens is 1. The number of hydrogen-bond acceptors (Lipinski definition) is 3. The van der Waals surface area contributed by atoms with E-state index in [1.54, 1.807) is 31.1 Å². The van der Waals surface area contributed by atoms with Gasteiger partial charge in [-0.1, -0.05) is 55.1 Å². The number of hydrogen-bond donors (Lipinski definition) is 1. The van der Waals surface area contributed by atoms with Crippen LogP contribution < -0.4 is 10.1 Å². The Bertz CT molecular complexity index is 879. The minimum absolute atomic E-state index is 0.0979. The van der Waals surface area contributed by atoms with Crippen LogP contribution in [0.3, 0.4) is 0 Å². The van der Waals surface area contributed by atoms with E-state index in [9.17, 15) is 9.59 Å². The van der Waals surface area contributed by atoms with Crippen LogP contribution in [0.1, 0.15) is 50.2 Å². The molecule has 2 aromatic rings. The molecule has 0 aliphatic heterocycles. The van der Waals surface area contributed by atoms with Crippen molar-refractivity contribution in [1.82, 2.24) is 10.2 Å². The van der Waals surface area contributed by atoms with Gasteiger partial charge in [0.2, 0.25) is 11.8 Å². The molecule has 0 spiro atoms. The fourth-order valence-corrected chi connectivity index (χ4v) is 4.12. The molecule has 2 amide bonds. The number of carbonyl (C=O) groups excluding carboxylic acids is 2. The van der Waals surface area contributed by atoms with Crippen LogP contribution in [0.25, 0.3) is 0 Å². The van der Waals surface area contributed by atoms with E-state index in [1.807, 2.05) is 36.4 Å². The van der Waals surface area contributed by atoms with Crippen LogP contribution in [-0.2, 0) is 22.6 Å². The molecule has 6 heteroatoms. The van der Waals surface area contributed by atoms with Crippen molar-refractivity contribution in [3.05, 3.63) is 64.7 Å². The van der Waals surface area contributed by atoms with Crippen LogP contribution >= 0.6 is 11.6 Å². The van der Waals surface area contributed by atoms with Crippen LogP contribution in [0, 0.1) is 0 Å². The smallest absolute Gasteiger partial charge is 0.242 e.